The Morgan fingerprint density at radius 1 is 1.30 bits per heavy atom. The fourth-order valence-electron chi connectivity index (χ4n) is 2.45. The van der Waals surface area contributed by atoms with Crippen molar-refractivity contribution < 1.29 is 13.9 Å². The highest BCUT2D eigenvalue weighted by Gasteiger charge is 2.11. The van der Waals surface area contributed by atoms with Gasteiger partial charge < -0.3 is 9.47 Å². The van der Waals surface area contributed by atoms with Gasteiger partial charge in [0, 0.05) is 5.56 Å². The fourth-order valence-corrected chi connectivity index (χ4v) is 2.95. The van der Waals surface area contributed by atoms with Gasteiger partial charge in [-0.1, -0.05) is 17.7 Å². The quantitative estimate of drug-likeness (QED) is 0.348. The molecule has 3 rings (SSSR count). The van der Waals surface area contributed by atoms with E-state index in [1.807, 2.05) is 6.92 Å². The van der Waals surface area contributed by atoms with Crippen LogP contribution in [0, 0.1) is 5.82 Å². The predicted octanol–water partition coefficient (Wildman–Crippen LogP) is 4.75. The molecule has 156 valence electrons. The van der Waals surface area contributed by atoms with Crippen LogP contribution >= 0.6 is 27.5 Å². The number of hydrogen-bond donors (Lipinski definition) is 2. The van der Waals surface area contributed by atoms with Gasteiger partial charge in [0.2, 0.25) is 0 Å². The first-order chi connectivity index (χ1) is 14.5. The van der Waals surface area contributed by atoms with Crippen LogP contribution in [0.1, 0.15) is 18.1 Å². The Hall–Kier alpha value is -2.91. The average Bonchev–Trinajstić information content (AvgIpc) is 2.72. The Kier molecular flexibility index (Phi) is 7.42. The van der Waals surface area contributed by atoms with Crippen molar-refractivity contribution in [3.05, 3.63) is 79.4 Å². The molecule has 30 heavy (non-hydrogen) atoms. The van der Waals surface area contributed by atoms with Gasteiger partial charge in [-0.05, 0) is 58.7 Å². The van der Waals surface area contributed by atoms with Crippen LogP contribution in [-0.4, -0.2) is 23.0 Å². The molecule has 0 aliphatic heterocycles. The molecule has 2 aromatic carbocycles. The van der Waals surface area contributed by atoms with Crippen molar-refractivity contribution in [3.63, 3.8) is 0 Å². The number of aromatic nitrogens is 2. The van der Waals surface area contributed by atoms with E-state index in [1.54, 1.807) is 30.5 Å². The summed E-state index contributed by atoms with van der Waals surface area (Å²) in [5.41, 5.74) is 3.78. The molecule has 1 heterocycles. The number of hydrazone groups is 1. The van der Waals surface area contributed by atoms with E-state index in [2.05, 4.69) is 36.7 Å². The van der Waals surface area contributed by atoms with E-state index in [9.17, 15) is 9.18 Å². The lowest BCUT2D eigenvalue weighted by molar-refractivity contribution is 0.266. The summed E-state index contributed by atoms with van der Waals surface area (Å²) in [6.07, 6.45) is 2.98. The molecule has 0 bridgehead atoms. The zero-order valence-corrected chi connectivity index (χ0v) is 18.1. The Morgan fingerprint density at radius 3 is 2.90 bits per heavy atom. The molecule has 0 radical (unpaired) electrons. The van der Waals surface area contributed by atoms with E-state index in [1.165, 1.54) is 18.3 Å². The number of benzene rings is 2. The van der Waals surface area contributed by atoms with Crippen LogP contribution in [0.4, 0.5) is 10.1 Å². The summed E-state index contributed by atoms with van der Waals surface area (Å²) in [5, 5.41) is 10.4. The second kappa shape index (κ2) is 10.2. The molecule has 2 N–H and O–H groups in total. The van der Waals surface area contributed by atoms with Gasteiger partial charge >= 0.3 is 0 Å². The van der Waals surface area contributed by atoms with Crippen molar-refractivity contribution in [1.29, 1.82) is 0 Å². The SMILES string of the molecule is CCOc1cc(/C=N/Nc2cn[nH]c(=O)c2Br)ccc1OCc1c(F)cccc1Cl. The van der Waals surface area contributed by atoms with E-state index in [0.29, 0.717) is 33.3 Å². The molecule has 7 nitrogen and oxygen atoms in total. The number of aromatic amines is 1. The van der Waals surface area contributed by atoms with Crippen molar-refractivity contribution in [1.82, 2.24) is 10.2 Å². The Morgan fingerprint density at radius 2 is 2.13 bits per heavy atom. The predicted molar refractivity (Wildman–Crippen MR) is 117 cm³/mol. The number of ether oxygens (including phenoxy) is 2. The molecule has 0 amide bonds. The van der Waals surface area contributed by atoms with Gasteiger partial charge in [-0.15, -0.1) is 0 Å². The van der Waals surface area contributed by atoms with E-state index in [-0.39, 0.29) is 17.7 Å². The van der Waals surface area contributed by atoms with Crippen molar-refractivity contribution in [3.8, 4) is 11.5 Å². The van der Waals surface area contributed by atoms with Crippen LogP contribution in [0.5, 0.6) is 11.5 Å². The lowest BCUT2D eigenvalue weighted by atomic mass is 10.2. The van der Waals surface area contributed by atoms with Crippen molar-refractivity contribution in [2.45, 2.75) is 13.5 Å². The van der Waals surface area contributed by atoms with Gasteiger partial charge in [0.15, 0.2) is 11.5 Å². The van der Waals surface area contributed by atoms with Gasteiger partial charge in [0.05, 0.1) is 29.7 Å². The topological polar surface area (TPSA) is 88.6 Å². The average molecular weight is 496 g/mol. The van der Waals surface area contributed by atoms with E-state index >= 15 is 0 Å². The van der Waals surface area contributed by atoms with Crippen molar-refractivity contribution in [2.24, 2.45) is 5.10 Å². The van der Waals surface area contributed by atoms with Crippen LogP contribution in [0.2, 0.25) is 5.02 Å². The first kappa shape index (κ1) is 21.8. The molecule has 0 spiro atoms. The molecule has 3 aromatic rings. The maximum atomic E-state index is 13.9. The molecule has 1 aromatic heterocycles. The minimum absolute atomic E-state index is 0.0375. The lowest BCUT2D eigenvalue weighted by Crippen LogP contribution is -2.10. The van der Waals surface area contributed by atoms with Crippen LogP contribution in [-0.2, 0) is 6.61 Å². The molecular formula is C20H17BrClFN4O3. The largest absolute Gasteiger partial charge is 0.490 e. The van der Waals surface area contributed by atoms with Gasteiger partial charge in [-0.2, -0.15) is 10.2 Å². The summed E-state index contributed by atoms with van der Waals surface area (Å²) in [7, 11) is 0. The number of rotatable bonds is 8. The van der Waals surface area contributed by atoms with Crippen LogP contribution in [0.25, 0.3) is 0 Å². The van der Waals surface area contributed by atoms with E-state index < -0.39 is 5.82 Å². The molecule has 0 atom stereocenters. The normalized spacial score (nSPS) is 10.9. The molecule has 0 fully saturated rings. The highest BCUT2D eigenvalue weighted by Crippen LogP contribution is 2.30. The minimum Gasteiger partial charge on any atom is -0.490 e. The number of H-pyrrole nitrogens is 1. The third-order valence-electron chi connectivity index (χ3n) is 3.90. The van der Waals surface area contributed by atoms with Crippen LogP contribution < -0.4 is 20.5 Å². The van der Waals surface area contributed by atoms with Crippen LogP contribution in [0.15, 0.2) is 57.0 Å². The molecule has 0 saturated heterocycles. The third kappa shape index (κ3) is 5.37. The molecule has 0 saturated carbocycles. The zero-order chi connectivity index (χ0) is 21.5. The number of nitrogens with one attached hydrogen (secondary N) is 2. The van der Waals surface area contributed by atoms with Gasteiger partial charge in [-0.25, -0.2) is 9.49 Å². The Labute approximate surface area is 185 Å². The summed E-state index contributed by atoms with van der Waals surface area (Å²) in [4.78, 5) is 11.5. The first-order valence-corrected chi connectivity index (χ1v) is 10.0. The fraction of sp³-hybridized carbons (Fsp3) is 0.150. The third-order valence-corrected chi connectivity index (χ3v) is 5.04. The second-order valence-corrected chi connectivity index (χ2v) is 7.13. The number of hydrogen-bond acceptors (Lipinski definition) is 6. The van der Waals surface area contributed by atoms with Crippen molar-refractivity contribution in [2.75, 3.05) is 12.0 Å². The smallest absolute Gasteiger partial charge is 0.280 e. The molecule has 0 unspecified atom stereocenters. The summed E-state index contributed by atoms with van der Waals surface area (Å²) >= 11 is 9.21. The second-order valence-electron chi connectivity index (χ2n) is 5.92. The summed E-state index contributed by atoms with van der Waals surface area (Å²) in [6, 6.07) is 9.67. The summed E-state index contributed by atoms with van der Waals surface area (Å²) in [6.45, 7) is 2.22. The number of halogens is 3. The van der Waals surface area contributed by atoms with Gasteiger partial charge in [-0.3, -0.25) is 10.2 Å². The Balaban J connectivity index is 1.74. The minimum atomic E-state index is -0.435. The summed E-state index contributed by atoms with van der Waals surface area (Å²) in [5.74, 6) is 0.492. The monoisotopic (exact) mass is 494 g/mol. The maximum absolute atomic E-state index is 13.9. The number of anilines is 1. The van der Waals surface area contributed by atoms with Gasteiger partial charge in [0.25, 0.3) is 5.56 Å². The van der Waals surface area contributed by atoms with E-state index in [4.69, 9.17) is 21.1 Å². The molecule has 0 aliphatic rings. The highest BCUT2D eigenvalue weighted by atomic mass is 79.9. The van der Waals surface area contributed by atoms with E-state index in [0.717, 1.165) is 5.56 Å². The zero-order valence-electron chi connectivity index (χ0n) is 15.8. The van der Waals surface area contributed by atoms with Crippen molar-refractivity contribution >= 4 is 39.4 Å². The highest BCUT2D eigenvalue weighted by molar-refractivity contribution is 9.10. The molecule has 10 heteroatoms. The summed E-state index contributed by atoms with van der Waals surface area (Å²) < 4.78 is 25.6. The first-order valence-electron chi connectivity index (χ1n) is 8.84. The molecule has 0 aliphatic carbocycles. The standard InChI is InChI=1S/C20H17BrClFN4O3/c1-2-29-18-8-12(9-24-26-16-10-25-27-20(28)19(16)21)6-7-17(18)30-11-13-14(22)4-3-5-15(13)23/h3-10H,2,11H2,1H3,(H2,26,27,28)/b24-9+. The lowest BCUT2D eigenvalue weighted by Gasteiger charge is -2.13. The van der Waals surface area contributed by atoms with Gasteiger partial charge in [0.1, 0.15) is 16.9 Å². The van der Waals surface area contributed by atoms with Crippen LogP contribution in [0.3, 0.4) is 0 Å². The molecular weight excluding hydrogens is 479 g/mol. The number of nitrogens with zero attached hydrogens (tertiary/aromatic N) is 2. The Bertz CT molecular complexity index is 1100. The maximum Gasteiger partial charge on any atom is 0.280 e.